The number of likely N-dealkylation sites (tertiary alicyclic amines) is 1. The van der Waals surface area contributed by atoms with Crippen LogP contribution in [0.15, 0.2) is 30.3 Å². The van der Waals surface area contributed by atoms with Crippen LogP contribution in [0.2, 0.25) is 5.02 Å². The summed E-state index contributed by atoms with van der Waals surface area (Å²) in [6, 6.07) is 8.43. The molecular weight excluding hydrogens is 540 g/mol. The molecule has 13 heteroatoms. The van der Waals surface area contributed by atoms with E-state index >= 15 is 0 Å². The summed E-state index contributed by atoms with van der Waals surface area (Å²) in [6.45, 7) is 4.31. The number of nitrogens with one attached hydrogen (secondary N) is 2. The molecule has 11 nitrogen and oxygen atoms in total. The maximum atomic E-state index is 13.9. The zero-order chi connectivity index (χ0) is 27.1. The number of hydrogen-bond acceptors (Lipinski definition) is 8. The van der Waals surface area contributed by atoms with Crippen LogP contribution in [0.3, 0.4) is 0 Å². The molecule has 0 radical (unpaired) electrons. The van der Waals surface area contributed by atoms with Crippen molar-refractivity contribution in [1.29, 1.82) is 0 Å². The van der Waals surface area contributed by atoms with Crippen LogP contribution in [-0.4, -0.2) is 72.8 Å². The van der Waals surface area contributed by atoms with Gasteiger partial charge in [0.1, 0.15) is 11.6 Å². The number of hydrogen-bond donors (Lipinski definition) is 2. The summed E-state index contributed by atoms with van der Waals surface area (Å²) < 4.78 is 28.3. The molecule has 3 aliphatic heterocycles. The molecule has 3 aliphatic rings. The molecule has 3 aromatic rings. The maximum absolute atomic E-state index is 13.9. The fourth-order valence-electron chi connectivity index (χ4n) is 5.53. The van der Waals surface area contributed by atoms with Gasteiger partial charge in [0.25, 0.3) is 5.91 Å². The number of nitrogens with zero attached hydrogens (tertiary/aromatic N) is 6. The molecule has 1 unspecified atom stereocenters. The molecule has 6 rings (SSSR count). The molecule has 208 valence electrons. The Bertz CT molecular complexity index is 1500. The quantitative estimate of drug-likeness (QED) is 0.462. The molecule has 39 heavy (non-hydrogen) atoms. The first kappa shape index (κ1) is 26.1. The largest absolute Gasteiger partial charge is 0.356 e. The zero-order valence-corrected chi connectivity index (χ0v) is 23.5. The van der Waals surface area contributed by atoms with Crippen molar-refractivity contribution in [2.75, 3.05) is 53.6 Å². The summed E-state index contributed by atoms with van der Waals surface area (Å²) in [6.07, 6.45) is 7.01. The lowest BCUT2D eigenvalue weighted by atomic mass is 9.98. The summed E-state index contributed by atoms with van der Waals surface area (Å²) in [5, 5.41) is 7.52. The third-order valence-electron chi connectivity index (χ3n) is 7.59. The van der Waals surface area contributed by atoms with Gasteiger partial charge >= 0.3 is 0 Å². The molecule has 1 amide bonds. The molecule has 3 fully saturated rings. The predicted molar refractivity (Wildman–Crippen MR) is 152 cm³/mol. The maximum Gasteiger partial charge on any atom is 0.256 e. The smallest absolute Gasteiger partial charge is 0.256 e. The number of sulfonamides is 1. The van der Waals surface area contributed by atoms with Crippen LogP contribution in [-0.2, 0) is 10.0 Å². The van der Waals surface area contributed by atoms with E-state index in [1.807, 2.05) is 10.6 Å². The van der Waals surface area contributed by atoms with E-state index in [0.29, 0.717) is 11.6 Å². The van der Waals surface area contributed by atoms with Crippen molar-refractivity contribution in [3.05, 3.63) is 46.6 Å². The number of benzene rings is 1. The van der Waals surface area contributed by atoms with Crippen molar-refractivity contribution in [3.63, 3.8) is 0 Å². The van der Waals surface area contributed by atoms with E-state index in [1.165, 1.54) is 12.1 Å². The highest BCUT2D eigenvalue weighted by atomic mass is 35.5. The normalized spacial score (nSPS) is 20.3. The molecule has 0 aliphatic carbocycles. The van der Waals surface area contributed by atoms with Crippen molar-refractivity contribution >= 4 is 50.5 Å². The van der Waals surface area contributed by atoms with Crippen LogP contribution in [0.25, 0.3) is 5.65 Å². The lowest BCUT2D eigenvalue weighted by Gasteiger charge is -2.35. The Morgan fingerprint density at radius 3 is 2.59 bits per heavy atom. The van der Waals surface area contributed by atoms with E-state index in [9.17, 15) is 13.2 Å². The summed E-state index contributed by atoms with van der Waals surface area (Å²) in [5.74, 6) is 1.60. The highest BCUT2D eigenvalue weighted by molar-refractivity contribution is 7.92. The Kier molecular flexibility index (Phi) is 7.02. The average molecular weight is 573 g/mol. The minimum absolute atomic E-state index is 0.213. The van der Waals surface area contributed by atoms with Gasteiger partial charge in [-0.3, -0.25) is 14.5 Å². The second kappa shape index (κ2) is 10.5. The molecular formula is C26H33ClN8O3S. The SMILES string of the molecule is CS(=O)(=O)Nc1ccc(Cl)cc1C(=O)N1CCCCC1c1cc2nc(N3CCC3)cc(N3CCCCN3)n2n1. The first-order valence-electron chi connectivity index (χ1n) is 13.5. The Labute approximate surface area is 233 Å². The van der Waals surface area contributed by atoms with E-state index in [4.69, 9.17) is 21.7 Å². The van der Waals surface area contributed by atoms with Crippen molar-refractivity contribution in [2.24, 2.45) is 0 Å². The standard InChI is InChI=1S/C26H33ClN8O3S/c1-39(37,38)31-20-9-8-18(27)15-19(20)26(36)33-13-4-2-7-22(33)21-16-24-29-23(32-11-6-12-32)17-25(35(24)30-21)34-14-5-3-10-28-34/h8-9,15-17,22,28,31H,2-7,10-14H2,1H3. The Balaban J connectivity index is 1.38. The highest BCUT2D eigenvalue weighted by Crippen LogP contribution is 2.35. The first-order valence-corrected chi connectivity index (χ1v) is 15.8. The van der Waals surface area contributed by atoms with Gasteiger partial charge in [0.05, 0.1) is 29.2 Å². The summed E-state index contributed by atoms with van der Waals surface area (Å²) >= 11 is 6.24. The van der Waals surface area contributed by atoms with Crippen LogP contribution in [0, 0.1) is 0 Å². The van der Waals surface area contributed by atoms with E-state index in [2.05, 4.69) is 26.1 Å². The number of hydrazine groups is 1. The van der Waals surface area contributed by atoms with Crippen molar-refractivity contribution < 1.29 is 13.2 Å². The monoisotopic (exact) mass is 572 g/mol. The average Bonchev–Trinajstić information content (AvgIpc) is 3.32. The second-order valence-electron chi connectivity index (χ2n) is 10.5. The van der Waals surface area contributed by atoms with Gasteiger partial charge in [0, 0.05) is 49.9 Å². The number of amides is 1. The number of carbonyl (C=O) groups excluding carboxylic acids is 1. The summed E-state index contributed by atoms with van der Waals surface area (Å²) in [4.78, 5) is 22.9. The topological polar surface area (TPSA) is 115 Å². The molecule has 1 aromatic carbocycles. The molecule has 3 saturated heterocycles. The van der Waals surface area contributed by atoms with Gasteiger partial charge in [-0.1, -0.05) is 11.6 Å². The fourth-order valence-corrected chi connectivity index (χ4v) is 6.28. The van der Waals surface area contributed by atoms with Gasteiger partial charge < -0.3 is 9.80 Å². The fraction of sp³-hybridized carbons (Fsp3) is 0.500. The summed E-state index contributed by atoms with van der Waals surface area (Å²) in [7, 11) is -3.59. The van der Waals surface area contributed by atoms with E-state index < -0.39 is 10.0 Å². The predicted octanol–water partition coefficient (Wildman–Crippen LogP) is 3.44. The number of carbonyl (C=O) groups is 1. The lowest BCUT2D eigenvalue weighted by Crippen LogP contribution is -2.45. The van der Waals surface area contributed by atoms with Crippen LogP contribution >= 0.6 is 11.6 Å². The molecule has 2 N–H and O–H groups in total. The molecule has 0 spiro atoms. The Morgan fingerprint density at radius 2 is 1.87 bits per heavy atom. The molecule has 0 saturated carbocycles. The number of aromatic nitrogens is 3. The van der Waals surface area contributed by atoms with Crippen LogP contribution in [0.1, 0.15) is 60.6 Å². The minimum Gasteiger partial charge on any atom is -0.356 e. The second-order valence-corrected chi connectivity index (χ2v) is 12.7. The van der Waals surface area contributed by atoms with E-state index in [1.54, 1.807) is 11.0 Å². The van der Waals surface area contributed by atoms with Gasteiger partial charge in [-0.2, -0.15) is 9.61 Å². The lowest BCUT2D eigenvalue weighted by molar-refractivity contribution is 0.0607. The number of anilines is 3. The van der Waals surface area contributed by atoms with Crippen molar-refractivity contribution in [1.82, 2.24) is 24.9 Å². The zero-order valence-electron chi connectivity index (χ0n) is 21.9. The molecule has 5 heterocycles. The van der Waals surface area contributed by atoms with Gasteiger partial charge in [-0.05, 0) is 56.7 Å². The highest BCUT2D eigenvalue weighted by Gasteiger charge is 2.33. The Morgan fingerprint density at radius 1 is 1.05 bits per heavy atom. The van der Waals surface area contributed by atoms with Crippen molar-refractivity contribution in [3.8, 4) is 0 Å². The molecule has 2 aromatic heterocycles. The number of piperidine rings is 1. The van der Waals surface area contributed by atoms with Gasteiger partial charge in [0.15, 0.2) is 5.65 Å². The number of rotatable bonds is 6. The van der Waals surface area contributed by atoms with Crippen LogP contribution in [0.4, 0.5) is 17.3 Å². The molecule has 0 bridgehead atoms. The number of fused-ring (bicyclic) bond motifs is 1. The Hall–Kier alpha value is -3.09. The van der Waals surface area contributed by atoms with E-state index in [-0.39, 0.29) is 23.2 Å². The van der Waals surface area contributed by atoms with Crippen LogP contribution < -0.4 is 20.1 Å². The minimum atomic E-state index is -3.59. The van der Waals surface area contributed by atoms with Gasteiger partial charge in [-0.25, -0.2) is 18.8 Å². The third kappa shape index (κ3) is 5.37. The van der Waals surface area contributed by atoms with Gasteiger partial charge in [0.2, 0.25) is 10.0 Å². The molecule has 1 atom stereocenters. The number of halogens is 1. The first-order chi connectivity index (χ1) is 18.8. The van der Waals surface area contributed by atoms with E-state index in [0.717, 1.165) is 93.9 Å². The van der Waals surface area contributed by atoms with Gasteiger partial charge in [-0.15, -0.1) is 0 Å². The van der Waals surface area contributed by atoms with Crippen LogP contribution in [0.5, 0.6) is 0 Å². The third-order valence-corrected chi connectivity index (χ3v) is 8.42. The van der Waals surface area contributed by atoms with Crippen molar-refractivity contribution in [2.45, 2.75) is 44.6 Å². The summed E-state index contributed by atoms with van der Waals surface area (Å²) in [5.41, 5.74) is 5.45.